The number of nitrogen functional groups attached to an aromatic ring is 1. The molecule has 0 saturated carbocycles. The summed E-state index contributed by atoms with van der Waals surface area (Å²) >= 11 is 0. The number of nitrogens with two attached hydrogens (primary N) is 1. The van der Waals surface area contributed by atoms with Gasteiger partial charge in [-0.05, 0) is 44.0 Å². The molecule has 0 fully saturated rings. The molecule has 0 spiro atoms. The SMILES string of the molecule is Cc1cc(C)c(S(=O)(=O)N[C@@H](C)Cn2cc(C#N)c3ccccc32)c(N)c1. The van der Waals surface area contributed by atoms with Crippen LogP contribution in [0.25, 0.3) is 10.9 Å². The normalized spacial score (nSPS) is 12.8. The molecule has 3 aromatic rings. The van der Waals surface area contributed by atoms with E-state index in [-0.39, 0.29) is 10.6 Å². The number of nitrogens with one attached hydrogen (secondary N) is 1. The van der Waals surface area contributed by atoms with E-state index in [0.717, 1.165) is 16.5 Å². The van der Waals surface area contributed by atoms with Crippen molar-refractivity contribution in [2.24, 2.45) is 0 Å². The number of benzene rings is 2. The van der Waals surface area contributed by atoms with Crippen molar-refractivity contribution in [2.45, 2.75) is 38.3 Å². The number of aromatic nitrogens is 1. The van der Waals surface area contributed by atoms with Gasteiger partial charge in [0.2, 0.25) is 10.0 Å². The molecule has 0 unspecified atom stereocenters. The lowest BCUT2D eigenvalue weighted by atomic mass is 10.1. The van der Waals surface area contributed by atoms with Crippen molar-refractivity contribution in [1.29, 1.82) is 5.26 Å². The fraction of sp³-hybridized carbons (Fsp3) is 0.250. The van der Waals surface area contributed by atoms with Gasteiger partial charge in [-0.3, -0.25) is 0 Å². The average Bonchev–Trinajstić information content (AvgIpc) is 2.91. The van der Waals surface area contributed by atoms with Gasteiger partial charge in [0.1, 0.15) is 11.0 Å². The number of hydrogen-bond donors (Lipinski definition) is 2. The van der Waals surface area contributed by atoms with E-state index < -0.39 is 16.1 Å². The van der Waals surface area contributed by atoms with Crippen molar-refractivity contribution in [3.8, 4) is 6.07 Å². The van der Waals surface area contributed by atoms with Crippen LogP contribution in [0.4, 0.5) is 5.69 Å². The Kier molecular flexibility index (Phi) is 4.96. The summed E-state index contributed by atoms with van der Waals surface area (Å²) in [5, 5.41) is 10.2. The Morgan fingerprint density at radius 2 is 1.96 bits per heavy atom. The van der Waals surface area contributed by atoms with Gasteiger partial charge < -0.3 is 10.3 Å². The maximum absolute atomic E-state index is 12.9. The Morgan fingerprint density at radius 1 is 1.26 bits per heavy atom. The molecule has 0 saturated heterocycles. The highest BCUT2D eigenvalue weighted by molar-refractivity contribution is 7.89. The minimum Gasteiger partial charge on any atom is -0.398 e. The predicted molar refractivity (Wildman–Crippen MR) is 107 cm³/mol. The first-order valence-electron chi connectivity index (χ1n) is 8.60. The van der Waals surface area contributed by atoms with Gasteiger partial charge in [-0.15, -0.1) is 0 Å². The standard InChI is InChI=1S/C20H22N4O2S/c1-13-8-14(2)20(18(22)9-13)27(25,26)23-15(3)11-24-12-16(10-21)17-6-4-5-7-19(17)24/h4-9,12,15,23H,11,22H2,1-3H3/t15-/m0/s1. The molecule has 0 radical (unpaired) electrons. The molecule has 2 aromatic carbocycles. The van der Waals surface area contributed by atoms with Crippen LogP contribution >= 0.6 is 0 Å². The Hall–Kier alpha value is -2.82. The molecule has 0 aliphatic carbocycles. The zero-order valence-corrected chi connectivity index (χ0v) is 16.3. The number of rotatable bonds is 5. The quantitative estimate of drug-likeness (QED) is 0.662. The molecule has 3 rings (SSSR count). The fourth-order valence-corrected chi connectivity index (χ4v) is 5.07. The molecule has 3 N–H and O–H groups in total. The average molecular weight is 382 g/mol. The largest absolute Gasteiger partial charge is 0.398 e. The van der Waals surface area contributed by atoms with Crippen LogP contribution in [0.1, 0.15) is 23.6 Å². The number of anilines is 1. The smallest absolute Gasteiger partial charge is 0.243 e. The minimum atomic E-state index is -3.76. The number of nitrogens with zero attached hydrogens (tertiary/aromatic N) is 2. The van der Waals surface area contributed by atoms with Crippen molar-refractivity contribution < 1.29 is 8.42 Å². The highest BCUT2D eigenvalue weighted by Gasteiger charge is 2.23. The van der Waals surface area contributed by atoms with Crippen LogP contribution < -0.4 is 10.5 Å². The van der Waals surface area contributed by atoms with E-state index in [1.54, 1.807) is 32.2 Å². The van der Waals surface area contributed by atoms with Crippen molar-refractivity contribution >= 4 is 26.6 Å². The molecule has 1 atom stereocenters. The molecule has 0 amide bonds. The number of hydrogen-bond acceptors (Lipinski definition) is 4. The van der Waals surface area contributed by atoms with Crippen LogP contribution in [0.15, 0.2) is 47.5 Å². The number of sulfonamides is 1. The second-order valence-corrected chi connectivity index (χ2v) is 8.50. The van der Waals surface area contributed by atoms with Crippen molar-refractivity contribution in [3.63, 3.8) is 0 Å². The third-order valence-electron chi connectivity index (χ3n) is 4.45. The number of aryl methyl sites for hydroxylation is 2. The summed E-state index contributed by atoms with van der Waals surface area (Å²) in [6.07, 6.45) is 1.75. The highest BCUT2D eigenvalue weighted by atomic mass is 32.2. The zero-order chi connectivity index (χ0) is 19.8. The highest BCUT2D eigenvalue weighted by Crippen LogP contribution is 2.25. The van der Waals surface area contributed by atoms with E-state index in [4.69, 9.17) is 5.73 Å². The summed E-state index contributed by atoms with van der Waals surface area (Å²) in [5.74, 6) is 0. The summed E-state index contributed by atoms with van der Waals surface area (Å²) in [5.41, 5.74) is 9.21. The van der Waals surface area contributed by atoms with E-state index in [1.165, 1.54) is 0 Å². The molecule has 0 bridgehead atoms. The minimum absolute atomic E-state index is 0.120. The van der Waals surface area contributed by atoms with E-state index >= 15 is 0 Å². The molecule has 1 heterocycles. The van der Waals surface area contributed by atoms with Gasteiger partial charge in [0.15, 0.2) is 0 Å². The van der Waals surface area contributed by atoms with Crippen molar-refractivity contribution in [1.82, 2.24) is 9.29 Å². The summed E-state index contributed by atoms with van der Waals surface area (Å²) in [4.78, 5) is 0.120. The Balaban J connectivity index is 1.89. The molecule has 0 aliphatic rings. The van der Waals surface area contributed by atoms with Gasteiger partial charge in [-0.1, -0.05) is 24.3 Å². The molecule has 0 aliphatic heterocycles. The molecule has 7 heteroatoms. The molecule has 27 heavy (non-hydrogen) atoms. The maximum atomic E-state index is 12.9. The first-order valence-corrected chi connectivity index (χ1v) is 10.1. The summed E-state index contributed by atoms with van der Waals surface area (Å²) < 4.78 is 30.3. The van der Waals surface area contributed by atoms with Gasteiger partial charge in [0.05, 0.1) is 11.3 Å². The summed E-state index contributed by atoms with van der Waals surface area (Å²) in [7, 11) is -3.76. The Bertz CT molecular complexity index is 1130. The lowest BCUT2D eigenvalue weighted by Gasteiger charge is -2.18. The summed E-state index contributed by atoms with van der Waals surface area (Å²) in [6.45, 7) is 5.80. The Labute approximate surface area is 159 Å². The third kappa shape index (κ3) is 3.68. The van der Waals surface area contributed by atoms with Crippen LogP contribution in [0, 0.1) is 25.2 Å². The van der Waals surface area contributed by atoms with Crippen LogP contribution in [0.5, 0.6) is 0 Å². The van der Waals surface area contributed by atoms with Crippen molar-refractivity contribution in [2.75, 3.05) is 5.73 Å². The van der Waals surface area contributed by atoms with E-state index in [1.807, 2.05) is 35.8 Å². The first-order chi connectivity index (χ1) is 12.7. The van der Waals surface area contributed by atoms with Gasteiger partial charge in [0, 0.05) is 29.7 Å². The number of nitriles is 1. The van der Waals surface area contributed by atoms with E-state index in [2.05, 4.69) is 10.8 Å². The molecule has 6 nitrogen and oxygen atoms in total. The topological polar surface area (TPSA) is 101 Å². The maximum Gasteiger partial charge on any atom is 0.243 e. The van der Waals surface area contributed by atoms with E-state index in [9.17, 15) is 13.7 Å². The first kappa shape index (κ1) is 19.0. The second-order valence-electron chi connectivity index (χ2n) is 6.85. The number of fused-ring (bicyclic) bond motifs is 1. The summed E-state index contributed by atoms with van der Waals surface area (Å²) in [6, 6.07) is 12.8. The Morgan fingerprint density at radius 3 is 2.63 bits per heavy atom. The van der Waals surface area contributed by atoms with Crippen LogP contribution in [-0.2, 0) is 16.6 Å². The van der Waals surface area contributed by atoms with Crippen LogP contribution in [-0.4, -0.2) is 19.0 Å². The molecule has 140 valence electrons. The van der Waals surface area contributed by atoms with Crippen LogP contribution in [0.3, 0.4) is 0 Å². The lowest BCUT2D eigenvalue weighted by molar-refractivity contribution is 0.527. The van der Waals surface area contributed by atoms with Crippen LogP contribution in [0.2, 0.25) is 0 Å². The lowest BCUT2D eigenvalue weighted by Crippen LogP contribution is -2.36. The second kappa shape index (κ2) is 7.06. The van der Waals surface area contributed by atoms with Gasteiger partial charge in [-0.25, -0.2) is 13.1 Å². The monoisotopic (exact) mass is 382 g/mol. The van der Waals surface area contributed by atoms with Crippen molar-refractivity contribution in [3.05, 3.63) is 59.3 Å². The van der Waals surface area contributed by atoms with Gasteiger partial charge in [0.25, 0.3) is 0 Å². The molecular weight excluding hydrogens is 360 g/mol. The fourth-order valence-electron chi connectivity index (χ4n) is 3.50. The molecular formula is C20H22N4O2S. The molecule has 1 aromatic heterocycles. The van der Waals surface area contributed by atoms with Gasteiger partial charge in [-0.2, -0.15) is 5.26 Å². The third-order valence-corrected chi connectivity index (χ3v) is 6.26. The van der Waals surface area contributed by atoms with E-state index in [0.29, 0.717) is 17.7 Å². The number of para-hydroxylation sites is 1. The predicted octanol–water partition coefficient (Wildman–Crippen LogP) is 3.08. The zero-order valence-electron chi connectivity index (χ0n) is 15.5. The van der Waals surface area contributed by atoms with Gasteiger partial charge >= 0.3 is 0 Å².